The van der Waals surface area contributed by atoms with Crippen molar-refractivity contribution in [3.63, 3.8) is 0 Å². The Kier molecular flexibility index (Phi) is 2.98. The van der Waals surface area contributed by atoms with E-state index in [4.69, 9.17) is 5.73 Å². The van der Waals surface area contributed by atoms with Crippen LogP contribution in [0.5, 0.6) is 0 Å². The van der Waals surface area contributed by atoms with Gasteiger partial charge >= 0.3 is 0 Å². The van der Waals surface area contributed by atoms with Crippen LogP contribution in [0.1, 0.15) is 19.8 Å². The van der Waals surface area contributed by atoms with Gasteiger partial charge in [-0.05, 0) is 19.8 Å². The third kappa shape index (κ3) is 2.66. The minimum Gasteiger partial charge on any atom is -0.397 e. The molecule has 1 saturated carbocycles. The van der Waals surface area contributed by atoms with Crippen molar-refractivity contribution < 1.29 is 17.7 Å². The van der Waals surface area contributed by atoms with Gasteiger partial charge in [-0.3, -0.25) is 10.1 Å². The summed E-state index contributed by atoms with van der Waals surface area (Å²) >= 11 is 0. The molecule has 0 bridgehead atoms. The molecule has 2 rings (SSSR count). The van der Waals surface area contributed by atoms with Crippen molar-refractivity contribution in [2.24, 2.45) is 0 Å². The molecule has 0 spiro atoms. The lowest BCUT2D eigenvalue weighted by Crippen LogP contribution is -2.35. The van der Waals surface area contributed by atoms with E-state index in [1.54, 1.807) is 6.92 Å². The topological polar surface area (TPSA) is 115 Å². The lowest BCUT2D eigenvalue weighted by Gasteiger charge is -2.14. The monoisotopic (exact) mass is 289 g/mol. The molecule has 0 saturated heterocycles. The Hall–Kier alpha value is -1.74. The number of benzene rings is 1. The Morgan fingerprint density at radius 2 is 2.05 bits per heavy atom. The van der Waals surface area contributed by atoms with Crippen molar-refractivity contribution in [2.45, 2.75) is 30.2 Å². The first-order valence-corrected chi connectivity index (χ1v) is 6.90. The lowest BCUT2D eigenvalue weighted by atomic mass is 10.3. The van der Waals surface area contributed by atoms with Gasteiger partial charge in [0.1, 0.15) is 4.90 Å². The Bertz CT molecular complexity index is 632. The second-order valence-corrected chi connectivity index (χ2v) is 6.39. The van der Waals surface area contributed by atoms with Crippen molar-refractivity contribution in [1.29, 1.82) is 0 Å². The molecular formula is C10H12FN3O4S. The number of nitrogens with zero attached hydrogens (tertiary/aromatic N) is 1. The predicted octanol–water partition coefficient (Wildman–Crippen LogP) is 1.15. The van der Waals surface area contributed by atoms with Crippen molar-refractivity contribution in [3.05, 3.63) is 28.1 Å². The zero-order valence-electron chi connectivity index (χ0n) is 10.0. The van der Waals surface area contributed by atoms with E-state index in [0.717, 1.165) is 6.07 Å². The first-order valence-electron chi connectivity index (χ1n) is 5.42. The van der Waals surface area contributed by atoms with E-state index < -0.39 is 42.6 Å². The van der Waals surface area contributed by atoms with Crippen LogP contribution in [-0.2, 0) is 10.0 Å². The number of hydrogen-bond acceptors (Lipinski definition) is 5. The number of hydrogen-bond donors (Lipinski definition) is 2. The highest BCUT2D eigenvalue weighted by Gasteiger charge is 2.42. The molecule has 0 aliphatic heterocycles. The molecule has 19 heavy (non-hydrogen) atoms. The molecule has 0 aromatic heterocycles. The smallest absolute Gasteiger partial charge is 0.274 e. The maximum Gasteiger partial charge on any atom is 0.274 e. The van der Waals surface area contributed by atoms with Crippen LogP contribution in [0, 0.1) is 15.9 Å². The summed E-state index contributed by atoms with van der Waals surface area (Å²) in [5.41, 5.74) is 3.76. The second kappa shape index (κ2) is 4.14. The van der Waals surface area contributed by atoms with Crippen LogP contribution < -0.4 is 10.5 Å². The fraction of sp³-hybridized carbons (Fsp3) is 0.400. The van der Waals surface area contributed by atoms with Crippen molar-refractivity contribution >= 4 is 21.4 Å². The summed E-state index contributed by atoms with van der Waals surface area (Å²) < 4.78 is 40.1. The number of nitrogens with one attached hydrogen (secondary N) is 1. The quantitative estimate of drug-likeness (QED) is 0.490. The zero-order valence-corrected chi connectivity index (χ0v) is 10.8. The SMILES string of the molecule is CC1(NS(=O)(=O)c2c(N)cc([N+](=O)[O-])cc2F)CC1. The van der Waals surface area contributed by atoms with Gasteiger partial charge in [0.25, 0.3) is 5.69 Å². The molecule has 0 amide bonds. The molecular weight excluding hydrogens is 277 g/mol. The van der Waals surface area contributed by atoms with Crippen LogP contribution in [0.3, 0.4) is 0 Å². The van der Waals surface area contributed by atoms with Gasteiger partial charge in [0, 0.05) is 11.6 Å². The van der Waals surface area contributed by atoms with Gasteiger partial charge in [-0.2, -0.15) is 0 Å². The molecule has 104 valence electrons. The summed E-state index contributed by atoms with van der Waals surface area (Å²) in [4.78, 5) is 8.94. The fourth-order valence-electron chi connectivity index (χ4n) is 1.65. The largest absolute Gasteiger partial charge is 0.397 e. The third-order valence-electron chi connectivity index (χ3n) is 2.92. The molecule has 0 radical (unpaired) electrons. The molecule has 1 aliphatic rings. The molecule has 9 heteroatoms. The molecule has 7 nitrogen and oxygen atoms in total. The Morgan fingerprint density at radius 1 is 1.47 bits per heavy atom. The molecule has 1 aliphatic carbocycles. The third-order valence-corrected chi connectivity index (χ3v) is 4.65. The van der Waals surface area contributed by atoms with Crippen molar-refractivity contribution in [2.75, 3.05) is 5.73 Å². The van der Waals surface area contributed by atoms with E-state index in [1.807, 2.05) is 0 Å². The summed E-state index contributed by atoms with van der Waals surface area (Å²) in [7, 11) is -4.13. The molecule has 1 aromatic rings. The molecule has 0 unspecified atom stereocenters. The van der Waals surface area contributed by atoms with E-state index in [2.05, 4.69) is 4.72 Å². The minimum absolute atomic E-state index is 0.483. The second-order valence-electron chi connectivity index (χ2n) is 4.77. The fourth-order valence-corrected chi connectivity index (χ4v) is 3.29. The summed E-state index contributed by atoms with van der Waals surface area (Å²) in [6.45, 7) is 1.68. The van der Waals surface area contributed by atoms with Gasteiger partial charge in [0.15, 0.2) is 5.82 Å². The first-order chi connectivity index (χ1) is 8.65. The molecule has 0 atom stereocenters. The zero-order chi connectivity index (χ0) is 14.4. The van der Waals surface area contributed by atoms with Gasteiger partial charge in [0.05, 0.1) is 16.7 Å². The highest BCUT2D eigenvalue weighted by molar-refractivity contribution is 7.89. The predicted molar refractivity (Wildman–Crippen MR) is 65.4 cm³/mol. The number of rotatable bonds is 4. The average Bonchev–Trinajstić information content (AvgIpc) is 2.92. The minimum atomic E-state index is -4.13. The summed E-state index contributed by atoms with van der Waals surface area (Å²) in [5.74, 6) is -1.23. The number of nitrogens with two attached hydrogens (primary N) is 1. The summed E-state index contributed by atoms with van der Waals surface area (Å²) in [6, 6.07) is 1.37. The molecule has 1 fully saturated rings. The van der Waals surface area contributed by atoms with Crippen LogP contribution in [0.25, 0.3) is 0 Å². The summed E-state index contributed by atoms with van der Waals surface area (Å²) in [5, 5.41) is 10.5. The maximum atomic E-state index is 13.8. The lowest BCUT2D eigenvalue weighted by molar-refractivity contribution is -0.385. The van der Waals surface area contributed by atoms with Gasteiger partial charge < -0.3 is 5.73 Å². The number of sulfonamides is 1. The number of nitro benzene ring substituents is 1. The molecule has 1 aromatic carbocycles. The normalized spacial score (nSPS) is 17.2. The molecule has 3 N–H and O–H groups in total. The van der Waals surface area contributed by atoms with E-state index in [-0.39, 0.29) is 0 Å². The van der Waals surface area contributed by atoms with Crippen LogP contribution in [0.4, 0.5) is 15.8 Å². The highest BCUT2D eigenvalue weighted by Crippen LogP contribution is 2.37. The first kappa shape index (κ1) is 13.7. The van der Waals surface area contributed by atoms with Crippen LogP contribution in [0.15, 0.2) is 17.0 Å². The average molecular weight is 289 g/mol. The standard InChI is InChI=1S/C10H12FN3O4S/c1-10(2-3-10)13-19(17,18)9-7(11)4-6(14(15)16)5-8(9)12/h4-5,13H,2-3,12H2,1H3. The van der Waals surface area contributed by atoms with E-state index in [1.165, 1.54) is 0 Å². The number of halogens is 1. The van der Waals surface area contributed by atoms with Gasteiger partial charge in [-0.1, -0.05) is 0 Å². The van der Waals surface area contributed by atoms with E-state index in [0.29, 0.717) is 18.9 Å². The number of nitrogen functional groups attached to an aromatic ring is 1. The summed E-state index contributed by atoms with van der Waals surface area (Å²) in [6.07, 6.45) is 1.31. The van der Waals surface area contributed by atoms with Crippen LogP contribution in [-0.4, -0.2) is 18.9 Å². The van der Waals surface area contributed by atoms with Crippen molar-refractivity contribution in [1.82, 2.24) is 4.72 Å². The van der Waals surface area contributed by atoms with Crippen LogP contribution in [0.2, 0.25) is 0 Å². The highest BCUT2D eigenvalue weighted by atomic mass is 32.2. The maximum absolute atomic E-state index is 13.8. The van der Waals surface area contributed by atoms with Gasteiger partial charge in [0.2, 0.25) is 10.0 Å². The number of anilines is 1. The number of non-ortho nitro benzene ring substituents is 1. The van der Waals surface area contributed by atoms with Gasteiger partial charge in [-0.15, -0.1) is 0 Å². The number of nitro groups is 1. The Labute approximate surface area is 108 Å². The van der Waals surface area contributed by atoms with Gasteiger partial charge in [-0.25, -0.2) is 17.5 Å². The Morgan fingerprint density at radius 3 is 2.47 bits per heavy atom. The van der Waals surface area contributed by atoms with E-state index in [9.17, 15) is 22.9 Å². The van der Waals surface area contributed by atoms with E-state index >= 15 is 0 Å². The van der Waals surface area contributed by atoms with Crippen LogP contribution >= 0.6 is 0 Å². The van der Waals surface area contributed by atoms with Crippen molar-refractivity contribution in [3.8, 4) is 0 Å². The molecule has 0 heterocycles. The Balaban J connectivity index is 2.48.